The standard InChI is InChI=1S/C19H27FN4O3/c1-27-17-5-4-16(20)11-15(17)12-22-7-9-23(10-8-22)18(25)14-3-2-6-24(13-14)19(21)26/h4-5,11,14H,2-3,6-10,12-13H2,1H3,(H2,21,26)/t14-/m1/s1. The zero-order chi connectivity index (χ0) is 19.4. The van der Waals surface area contributed by atoms with Crippen LogP contribution >= 0.6 is 0 Å². The van der Waals surface area contributed by atoms with E-state index in [-0.39, 0.29) is 17.6 Å². The highest BCUT2D eigenvalue weighted by Gasteiger charge is 2.32. The number of methoxy groups -OCH3 is 1. The lowest BCUT2D eigenvalue weighted by Crippen LogP contribution is -2.53. The van der Waals surface area contributed by atoms with Crippen molar-refractivity contribution in [3.63, 3.8) is 0 Å². The monoisotopic (exact) mass is 378 g/mol. The lowest BCUT2D eigenvalue weighted by molar-refractivity contribution is -0.138. The quantitative estimate of drug-likeness (QED) is 0.856. The van der Waals surface area contributed by atoms with Gasteiger partial charge in [-0.15, -0.1) is 0 Å². The van der Waals surface area contributed by atoms with Gasteiger partial charge in [0.25, 0.3) is 0 Å². The summed E-state index contributed by atoms with van der Waals surface area (Å²) in [5.74, 6) is 0.324. The van der Waals surface area contributed by atoms with Gasteiger partial charge in [-0.1, -0.05) is 0 Å². The first kappa shape index (κ1) is 19.4. The number of likely N-dealkylation sites (tertiary alicyclic amines) is 1. The predicted molar refractivity (Wildman–Crippen MR) is 98.7 cm³/mol. The van der Waals surface area contributed by atoms with E-state index in [2.05, 4.69) is 4.90 Å². The van der Waals surface area contributed by atoms with Crippen molar-refractivity contribution in [2.75, 3.05) is 46.4 Å². The largest absolute Gasteiger partial charge is 0.496 e. The summed E-state index contributed by atoms with van der Waals surface area (Å²) in [7, 11) is 1.58. The molecule has 1 aromatic carbocycles. The van der Waals surface area contributed by atoms with Gasteiger partial charge in [0.2, 0.25) is 5.91 Å². The average Bonchev–Trinajstić information content (AvgIpc) is 2.68. The van der Waals surface area contributed by atoms with Crippen LogP contribution in [0.4, 0.5) is 9.18 Å². The highest BCUT2D eigenvalue weighted by molar-refractivity contribution is 5.80. The van der Waals surface area contributed by atoms with E-state index in [0.717, 1.165) is 31.5 Å². The number of carbonyl (C=O) groups is 2. The zero-order valence-corrected chi connectivity index (χ0v) is 15.7. The van der Waals surface area contributed by atoms with E-state index in [4.69, 9.17) is 10.5 Å². The molecule has 0 aliphatic carbocycles. The molecule has 7 nitrogen and oxygen atoms in total. The number of rotatable bonds is 4. The Kier molecular flexibility index (Phi) is 6.15. The van der Waals surface area contributed by atoms with E-state index < -0.39 is 6.03 Å². The second kappa shape index (κ2) is 8.56. The molecule has 2 heterocycles. The predicted octanol–water partition coefficient (Wildman–Crippen LogP) is 1.27. The molecule has 1 aromatic rings. The maximum Gasteiger partial charge on any atom is 0.314 e. The van der Waals surface area contributed by atoms with Crippen molar-refractivity contribution in [3.05, 3.63) is 29.6 Å². The number of ether oxygens (including phenoxy) is 1. The number of primary amides is 1. The number of carbonyl (C=O) groups excluding carboxylic acids is 2. The van der Waals surface area contributed by atoms with Crippen LogP contribution in [0.1, 0.15) is 18.4 Å². The molecule has 2 saturated heterocycles. The molecular weight excluding hydrogens is 351 g/mol. The van der Waals surface area contributed by atoms with Crippen molar-refractivity contribution < 1.29 is 18.7 Å². The van der Waals surface area contributed by atoms with Crippen LogP contribution in [0, 0.1) is 11.7 Å². The highest BCUT2D eigenvalue weighted by Crippen LogP contribution is 2.23. The molecule has 0 spiro atoms. The summed E-state index contributed by atoms with van der Waals surface area (Å²) in [6.07, 6.45) is 1.60. The number of nitrogens with two attached hydrogens (primary N) is 1. The normalized spacial score (nSPS) is 21.2. The summed E-state index contributed by atoms with van der Waals surface area (Å²) in [4.78, 5) is 29.8. The first-order chi connectivity index (χ1) is 13.0. The molecule has 0 aromatic heterocycles. The highest BCUT2D eigenvalue weighted by atomic mass is 19.1. The molecule has 3 rings (SSSR count). The van der Waals surface area contributed by atoms with Gasteiger partial charge < -0.3 is 20.3 Å². The van der Waals surface area contributed by atoms with Gasteiger partial charge in [0.1, 0.15) is 11.6 Å². The number of hydrogen-bond donors (Lipinski definition) is 1. The topological polar surface area (TPSA) is 79.1 Å². The Morgan fingerprint density at radius 3 is 2.59 bits per heavy atom. The molecule has 148 valence electrons. The molecule has 3 amide bonds. The molecule has 2 aliphatic rings. The van der Waals surface area contributed by atoms with Crippen molar-refractivity contribution in [1.29, 1.82) is 0 Å². The minimum Gasteiger partial charge on any atom is -0.496 e. The molecule has 2 aliphatic heterocycles. The summed E-state index contributed by atoms with van der Waals surface area (Å²) in [5.41, 5.74) is 6.16. The molecule has 0 unspecified atom stereocenters. The molecule has 8 heteroatoms. The van der Waals surface area contributed by atoms with E-state index >= 15 is 0 Å². The van der Waals surface area contributed by atoms with Crippen molar-refractivity contribution in [3.8, 4) is 5.75 Å². The summed E-state index contributed by atoms with van der Waals surface area (Å²) < 4.78 is 18.8. The van der Waals surface area contributed by atoms with Gasteiger partial charge in [-0.2, -0.15) is 0 Å². The van der Waals surface area contributed by atoms with Crippen LogP contribution in [0.3, 0.4) is 0 Å². The third-order valence-electron chi connectivity index (χ3n) is 5.40. The van der Waals surface area contributed by atoms with Crippen molar-refractivity contribution >= 4 is 11.9 Å². The average molecular weight is 378 g/mol. The van der Waals surface area contributed by atoms with E-state index in [0.29, 0.717) is 38.5 Å². The van der Waals surface area contributed by atoms with E-state index in [1.165, 1.54) is 12.1 Å². The first-order valence-corrected chi connectivity index (χ1v) is 9.36. The second-order valence-corrected chi connectivity index (χ2v) is 7.18. The Bertz CT molecular complexity index is 692. The van der Waals surface area contributed by atoms with Gasteiger partial charge >= 0.3 is 6.03 Å². The SMILES string of the molecule is COc1ccc(F)cc1CN1CCN(C(=O)[C@@H]2CCCN(C(N)=O)C2)CC1. The molecule has 0 bridgehead atoms. The van der Waals surface area contributed by atoms with Crippen molar-refractivity contribution in [2.24, 2.45) is 11.7 Å². The zero-order valence-electron chi connectivity index (χ0n) is 15.7. The molecule has 0 saturated carbocycles. The number of amides is 3. The maximum atomic E-state index is 13.5. The van der Waals surface area contributed by atoms with Crippen LogP contribution in [0.2, 0.25) is 0 Å². The van der Waals surface area contributed by atoms with Gasteiger partial charge in [-0.25, -0.2) is 9.18 Å². The third kappa shape index (κ3) is 4.68. The number of nitrogens with zero attached hydrogens (tertiary/aromatic N) is 3. The summed E-state index contributed by atoms with van der Waals surface area (Å²) in [6.45, 7) is 4.32. The Morgan fingerprint density at radius 1 is 1.19 bits per heavy atom. The maximum absolute atomic E-state index is 13.5. The molecule has 1 atom stereocenters. The number of benzene rings is 1. The van der Waals surface area contributed by atoms with E-state index in [1.807, 2.05) is 4.90 Å². The van der Waals surface area contributed by atoms with E-state index in [9.17, 15) is 14.0 Å². The fraction of sp³-hybridized carbons (Fsp3) is 0.579. The van der Waals surface area contributed by atoms with Gasteiger partial charge in [0.15, 0.2) is 0 Å². The molecule has 0 radical (unpaired) electrons. The van der Waals surface area contributed by atoms with Crippen LogP contribution in [-0.2, 0) is 11.3 Å². The first-order valence-electron chi connectivity index (χ1n) is 9.36. The van der Waals surface area contributed by atoms with Gasteiger partial charge in [-0.3, -0.25) is 9.69 Å². The lowest BCUT2D eigenvalue weighted by Gasteiger charge is -2.38. The molecule has 27 heavy (non-hydrogen) atoms. The van der Waals surface area contributed by atoms with Gasteiger partial charge in [0.05, 0.1) is 13.0 Å². The third-order valence-corrected chi connectivity index (χ3v) is 5.40. The molecule has 2 N–H and O–H groups in total. The number of urea groups is 1. The molecular formula is C19H27FN4O3. The number of piperazine rings is 1. The van der Waals surface area contributed by atoms with Gasteiger partial charge in [0, 0.05) is 51.4 Å². The second-order valence-electron chi connectivity index (χ2n) is 7.18. The molecule has 2 fully saturated rings. The smallest absolute Gasteiger partial charge is 0.314 e. The summed E-state index contributed by atoms with van der Waals surface area (Å²) in [5, 5.41) is 0. The number of hydrogen-bond acceptors (Lipinski definition) is 4. The Morgan fingerprint density at radius 2 is 1.93 bits per heavy atom. The minimum absolute atomic E-state index is 0.101. The van der Waals surface area contributed by atoms with Crippen molar-refractivity contribution in [1.82, 2.24) is 14.7 Å². The number of piperidine rings is 1. The van der Waals surface area contributed by atoms with Crippen molar-refractivity contribution in [2.45, 2.75) is 19.4 Å². The Labute approximate surface area is 158 Å². The Balaban J connectivity index is 1.53. The van der Waals surface area contributed by atoms with Crippen LogP contribution in [0.15, 0.2) is 18.2 Å². The lowest BCUT2D eigenvalue weighted by atomic mass is 9.96. The van der Waals surface area contributed by atoms with Gasteiger partial charge in [-0.05, 0) is 31.0 Å². The Hall–Kier alpha value is -2.35. The van der Waals surface area contributed by atoms with Crippen LogP contribution in [0.25, 0.3) is 0 Å². The summed E-state index contributed by atoms with van der Waals surface area (Å²) >= 11 is 0. The summed E-state index contributed by atoms with van der Waals surface area (Å²) in [6, 6.07) is 4.06. The fourth-order valence-corrected chi connectivity index (χ4v) is 3.88. The minimum atomic E-state index is -0.457. The van der Waals surface area contributed by atoms with Crippen LogP contribution in [0.5, 0.6) is 5.75 Å². The fourth-order valence-electron chi connectivity index (χ4n) is 3.88. The number of halogens is 1. The van der Waals surface area contributed by atoms with E-state index in [1.54, 1.807) is 18.1 Å². The van der Waals surface area contributed by atoms with Crippen LogP contribution < -0.4 is 10.5 Å². The van der Waals surface area contributed by atoms with Crippen LogP contribution in [-0.4, -0.2) is 73.0 Å².